The number of rotatable bonds is 4. The Bertz CT molecular complexity index is 151. The number of alkyl halides is 1. The fourth-order valence-corrected chi connectivity index (χ4v) is 1.25. The minimum atomic E-state index is -0.426. The third-order valence-electron chi connectivity index (χ3n) is 1.60. The van der Waals surface area contributed by atoms with Gasteiger partial charge in [-0.1, -0.05) is 0 Å². The van der Waals surface area contributed by atoms with Crippen molar-refractivity contribution in [2.75, 3.05) is 27.4 Å². The molecule has 82 valence electrons. The molecule has 0 aromatic rings. The zero-order chi connectivity index (χ0) is 9.99. The van der Waals surface area contributed by atoms with Crippen LogP contribution in [0.15, 0.2) is 0 Å². The lowest BCUT2D eigenvalue weighted by Gasteiger charge is -2.36. The summed E-state index contributed by atoms with van der Waals surface area (Å²) >= 11 is 11.2. The molecule has 0 aliphatic rings. The minimum Gasteiger partial charge on any atom is -1.00 e. The molecule has 0 saturated heterocycles. The van der Waals surface area contributed by atoms with E-state index >= 15 is 0 Å². The van der Waals surface area contributed by atoms with Gasteiger partial charge >= 0.3 is 0 Å². The molecule has 0 spiro atoms. The molecule has 0 fully saturated rings. The van der Waals surface area contributed by atoms with Crippen molar-refractivity contribution in [3.8, 4) is 0 Å². The van der Waals surface area contributed by atoms with Crippen molar-refractivity contribution < 1.29 is 21.3 Å². The summed E-state index contributed by atoms with van der Waals surface area (Å²) in [5, 5.41) is 0. The molecule has 0 N–H and O–H groups in total. The number of hydrogen-bond acceptors (Lipinski definition) is 1. The lowest BCUT2D eigenvalue weighted by molar-refractivity contribution is -0.906. The molecular formula is C7H16Cl3FN2. The Morgan fingerprint density at radius 3 is 1.92 bits per heavy atom. The van der Waals surface area contributed by atoms with Gasteiger partial charge in [0.15, 0.2) is 0 Å². The summed E-state index contributed by atoms with van der Waals surface area (Å²) in [5.74, 6) is 0. The van der Waals surface area contributed by atoms with Crippen LogP contribution < -0.4 is 12.4 Å². The average Bonchev–Trinajstić information content (AvgIpc) is 1.85. The van der Waals surface area contributed by atoms with Crippen LogP contribution in [0, 0.1) is 0 Å². The summed E-state index contributed by atoms with van der Waals surface area (Å²) in [4.78, 5) is 0. The van der Waals surface area contributed by atoms with Crippen molar-refractivity contribution >= 4 is 23.6 Å². The highest BCUT2D eigenvalue weighted by Crippen LogP contribution is 2.22. The number of hydrogen-bond donors (Lipinski definition) is 0. The maximum absolute atomic E-state index is 12.4. The van der Waals surface area contributed by atoms with Crippen LogP contribution in [0.5, 0.6) is 0 Å². The Hall–Kier alpha value is 0.720. The van der Waals surface area contributed by atoms with Gasteiger partial charge in [-0.3, -0.25) is 0 Å². The van der Waals surface area contributed by atoms with Crippen LogP contribution in [0.1, 0.15) is 13.8 Å². The smallest absolute Gasteiger partial charge is 0.221 e. The van der Waals surface area contributed by atoms with Crippen LogP contribution in [0.2, 0.25) is 0 Å². The normalized spacial score (nSPS) is 12.9. The van der Waals surface area contributed by atoms with E-state index in [1.807, 2.05) is 13.8 Å². The molecule has 0 bridgehead atoms. The number of halogens is 4. The second-order valence-corrected chi connectivity index (χ2v) is 5.11. The van der Waals surface area contributed by atoms with Crippen molar-refractivity contribution in [3.05, 3.63) is 0 Å². The van der Waals surface area contributed by atoms with Gasteiger partial charge in [-0.15, -0.1) is 3.94 Å². The number of quaternary nitrogens is 1. The third kappa shape index (κ3) is 5.92. The van der Waals surface area contributed by atoms with Crippen LogP contribution in [0.3, 0.4) is 0 Å². The largest absolute Gasteiger partial charge is 1.00 e. The van der Waals surface area contributed by atoms with Gasteiger partial charge in [0, 0.05) is 0 Å². The van der Waals surface area contributed by atoms with Gasteiger partial charge in [-0.25, -0.2) is 0 Å². The molecule has 0 rings (SSSR count). The Morgan fingerprint density at radius 2 is 1.69 bits per heavy atom. The lowest BCUT2D eigenvalue weighted by Crippen LogP contribution is -3.00. The maximum Gasteiger partial charge on any atom is 0.221 e. The van der Waals surface area contributed by atoms with Gasteiger partial charge in [0.1, 0.15) is 6.54 Å². The molecule has 0 unspecified atom stereocenters. The highest BCUT2D eigenvalue weighted by molar-refractivity contribution is 6.34. The van der Waals surface area contributed by atoms with Gasteiger partial charge in [0.2, 0.25) is 6.80 Å². The predicted molar refractivity (Wildman–Crippen MR) is 50.6 cm³/mol. The topological polar surface area (TPSA) is 3.24 Å². The van der Waals surface area contributed by atoms with Gasteiger partial charge in [-0.2, -0.15) is 4.39 Å². The van der Waals surface area contributed by atoms with E-state index in [2.05, 4.69) is 0 Å². The Balaban J connectivity index is 0. The lowest BCUT2D eigenvalue weighted by atomic mass is 10.1. The van der Waals surface area contributed by atoms with E-state index in [0.717, 1.165) is 3.94 Å². The molecule has 0 aromatic heterocycles. The highest BCUT2D eigenvalue weighted by atomic mass is 35.5. The van der Waals surface area contributed by atoms with Crippen LogP contribution in [0.25, 0.3) is 0 Å². The van der Waals surface area contributed by atoms with Crippen LogP contribution >= 0.6 is 23.6 Å². The second-order valence-electron chi connectivity index (χ2n) is 4.26. The first-order valence-electron chi connectivity index (χ1n) is 3.71. The second kappa shape index (κ2) is 5.56. The summed E-state index contributed by atoms with van der Waals surface area (Å²) in [7, 11) is 3.58. The van der Waals surface area contributed by atoms with Crippen LogP contribution in [-0.2, 0) is 0 Å². The van der Waals surface area contributed by atoms with Crippen molar-refractivity contribution in [2.24, 2.45) is 0 Å². The SMILES string of the molecule is CC(C)(C[N+](C)(C)CF)N(Cl)Cl.[Cl-]. The Labute approximate surface area is 95.8 Å². The van der Waals surface area contributed by atoms with Gasteiger partial charge in [0.25, 0.3) is 0 Å². The average molecular weight is 254 g/mol. The fourth-order valence-electron chi connectivity index (χ4n) is 1.14. The van der Waals surface area contributed by atoms with Gasteiger partial charge in [0.05, 0.1) is 19.6 Å². The molecule has 6 heteroatoms. The molecule has 0 radical (unpaired) electrons. The fraction of sp³-hybridized carbons (Fsp3) is 1.00. The van der Waals surface area contributed by atoms with E-state index in [4.69, 9.17) is 23.6 Å². The summed E-state index contributed by atoms with van der Waals surface area (Å²) in [5.41, 5.74) is -0.418. The molecule has 2 nitrogen and oxygen atoms in total. The zero-order valence-corrected chi connectivity index (χ0v) is 10.6. The zero-order valence-electron chi connectivity index (χ0n) is 8.32. The standard InChI is InChI=1S/C7H16Cl2FN2.ClH/c1-7(2,11(8)9)5-12(3,4)6-10;/h5-6H2,1-4H3;1H/q+1;/p-1. The van der Waals surface area contributed by atoms with E-state index < -0.39 is 12.3 Å². The molecule has 0 heterocycles. The number of likely N-dealkylation sites (N-methyl/N-ethyl adjacent to an activating group) is 1. The third-order valence-corrected chi connectivity index (χ3v) is 2.51. The first-order chi connectivity index (χ1) is 5.21. The van der Waals surface area contributed by atoms with E-state index in [-0.39, 0.29) is 16.9 Å². The van der Waals surface area contributed by atoms with Crippen LogP contribution in [-0.4, -0.2) is 41.4 Å². The Kier molecular flexibility index (Phi) is 6.92. The van der Waals surface area contributed by atoms with E-state index in [1.165, 1.54) is 0 Å². The summed E-state index contributed by atoms with van der Waals surface area (Å²) < 4.78 is 13.8. The summed E-state index contributed by atoms with van der Waals surface area (Å²) in [6.45, 7) is 3.85. The van der Waals surface area contributed by atoms with Crippen LogP contribution in [0.4, 0.5) is 4.39 Å². The molecule has 0 aromatic carbocycles. The summed E-state index contributed by atoms with van der Waals surface area (Å²) in [6, 6.07) is 0. The maximum atomic E-state index is 12.4. The minimum absolute atomic E-state index is 0. The molecule has 0 saturated carbocycles. The van der Waals surface area contributed by atoms with Crippen molar-refractivity contribution in [1.82, 2.24) is 3.94 Å². The van der Waals surface area contributed by atoms with E-state index in [1.54, 1.807) is 14.1 Å². The van der Waals surface area contributed by atoms with Crippen molar-refractivity contribution in [3.63, 3.8) is 0 Å². The molecule has 0 aliphatic carbocycles. The van der Waals surface area contributed by atoms with Crippen molar-refractivity contribution in [1.29, 1.82) is 0 Å². The molecule has 0 atom stereocenters. The molecule has 13 heavy (non-hydrogen) atoms. The first-order valence-corrected chi connectivity index (χ1v) is 4.39. The van der Waals surface area contributed by atoms with E-state index in [9.17, 15) is 4.39 Å². The molecule has 0 aliphatic heterocycles. The number of nitrogens with zero attached hydrogens (tertiary/aromatic N) is 2. The van der Waals surface area contributed by atoms with Crippen molar-refractivity contribution in [2.45, 2.75) is 19.4 Å². The van der Waals surface area contributed by atoms with Gasteiger partial charge in [-0.05, 0) is 37.4 Å². The van der Waals surface area contributed by atoms with E-state index in [0.29, 0.717) is 6.54 Å². The predicted octanol–water partition coefficient (Wildman–Crippen LogP) is -0.618. The molecule has 0 amide bonds. The first kappa shape index (κ1) is 16.2. The quantitative estimate of drug-likeness (QED) is 0.367. The molecular weight excluding hydrogens is 237 g/mol. The Morgan fingerprint density at radius 1 is 1.31 bits per heavy atom. The summed E-state index contributed by atoms with van der Waals surface area (Å²) in [6.07, 6.45) is 0. The monoisotopic (exact) mass is 252 g/mol. The van der Waals surface area contributed by atoms with Gasteiger partial charge < -0.3 is 16.9 Å². The highest BCUT2D eigenvalue weighted by Gasteiger charge is 2.33.